The number of carbonyl (C=O) groups is 2. The number of hydrogen-bond acceptors (Lipinski definition) is 9. The quantitative estimate of drug-likeness (QED) is 0.0472. The van der Waals surface area contributed by atoms with Gasteiger partial charge in [-0.3, -0.25) is 19.7 Å². The van der Waals surface area contributed by atoms with Crippen LogP contribution in [0.15, 0.2) is 115 Å². The van der Waals surface area contributed by atoms with E-state index >= 15 is 0 Å². The topological polar surface area (TPSA) is 135 Å². The van der Waals surface area contributed by atoms with Gasteiger partial charge in [0.2, 0.25) is 6.41 Å². The Balaban J connectivity index is 1.54. The Morgan fingerprint density at radius 1 is 0.791 bits per heavy atom. The van der Waals surface area contributed by atoms with Crippen LogP contribution >= 0.6 is 7.60 Å². The van der Waals surface area contributed by atoms with E-state index < -0.39 is 24.5 Å². The van der Waals surface area contributed by atoms with Crippen LogP contribution in [0.25, 0.3) is 0 Å². The van der Waals surface area contributed by atoms with Crippen molar-refractivity contribution < 1.29 is 37.7 Å². The lowest BCUT2D eigenvalue weighted by Gasteiger charge is -2.27. The summed E-state index contributed by atoms with van der Waals surface area (Å²) in [6.45, 7) is -0.248. The standard InChI is InChI=1S/C31H29N2O9P/c34-24-32(40-23-26-16-18-27(19-17-26)33(36)37)30(31(35)39-22-25-10-4-1-5-11-25)20-21-43(38,41-28-12-6-2-7-13-28)42-29-14-8-3-9-15-29/h1-19,24,30H,20-23H2. The normalized spacial score (nSPS) is 11.6. The number of nitro benzene ring substituents is 1. The summed E-state index contributed by atoms with van der Waals surface area (Å²) >= 11 is 0. The van der Waals surface area contributed by atoms with Crippen molar-refractivity contribution in [1.82, 2.24) is 5.06 Å². The zero-order valence-electron chi connectivity index (χ0n) is 23.0. The van der Waals surface area contributed by atoms with Gasteiger partial charge in [0.05, 0.1) is 11.1 Å². The van der Waals surface area contributed by atoms with Gasteiger partial charge in [-0.2, -0.15) is 0 Å². The summed E-state index contributed by atoms with van der Waals surface area (Å²) in [5.41, 5.74) is 1.13. The molecule has 11 nitrogen and oxygen atoms in total. The third-order valence-electron chi connectivity index (χ3n) is 6.09. The fraction of sp³-hybridized carbons (Fsp3) is 0.161. The highest BCUT2D eigenvalue weighted by molar-refractivity contribution is 7.54. The maximum atomic E-state index is 14.0. The van der Waals surface area contributed by atoms with Crippen molar-refractivity contribution in [2.45, 2.75) is 25.7 Å². The molecule has 222 valence electrons. The van der Waals surface area contributed by atoms with Crippen molar-refractivity contribution in [1.29, 1.82) is 0 Å². The van der Waals surface area contributed by atoms with Crippen molar-refractivity contribution in [2.24, 2.45) is 0 Å². The smallest absolute Gasteiger partial charge is 0.430 e. The fourth-order valence-corrected chi connectivity index (χ4v) is 5.57. The number of esters is 1. The van der Waals surface area contributed by atoms with Gasteiger partial charge in [-0.25, -0.2) is 14.4 Å². The highest BCUT2D eigenvalue weighted by atomic mass is 31.2. The number of non-ortho nitro benzene ring substituents is 1. The number of nitrogens with zero attached hydrogens (tertiary/aromatic N) is 2. The van der Waals surface area contributed by atoms with Crippen molar-refractivity contribution in [3.63, 3.8) is 0 Å². The zero-order chi connectivity index (χ0) is 30.5. The molecule has 0 fully saturated rings. The van der Waals surface area contributed by atoms with Gasteiger partial charge in [0.15, 0.2) is 6.04 Å². The van der Waals surface area contributed by atoms with Crippen LogP contribution in [0, 0.1) is 10.1 Å². The third-order valence-corrected chi connectivity index (χ3v) is 7.87. The summed E-state index contributed by atoms with van der Waals surface area (Å²) in [7, 11) is -3.95. The molecule has 0 aromatic heterocycles. The largest absolute Gasteiger partial charge is 0.459 e. The number of benzene rings is 4. The van der Waals surface area contributed by atoms with Gasteiger partial charge >= 0.3 is 13.6 Å². The number of rotatable bonds is 16. The minimum atomic E-state index is -3.95. The van der Waals surface area contributed by atoms with Crippen LogP contribution in [0.4, 0.5) is 5.69 Å². The van der Waals surface area contributed by atoms with E-state index in [1.165, 1.54) is 24.3 Å². The number of nitro groups is 1. The van der Waals surface area contributed by atoms with Gasteiger partial charge < -0.3 is 13.8 Å². The molecule has 0 bridgehead atoms. The lowest BCUT2D eigenvalue weighted by molar-refractivity contribution is -0.384. The van der Waals surface area contributed by atoms with Crippen LogP contribution in [-0.2, 0) is 36.9 Å². The molecule has 43 heavy (non-hydrogen) atoms. The van der Waals surface area contributed by atoms with E-state index in [2.05, 4.69) is 0 Å². The summed E-state index contributed by atoms with van der Waals surface area (Å²) in [5, 5.41) is 11.7. The molecule has 0 saturated carbocycles. The first kappa shape index (κ1) is 31.0. The SMILES string of the molecule is O=CN(OCc1ccc([N+](=O)[O-])cc1)C(CCP(=O)(Oc1ccccc1)Oc1ccccc1)C(=O)OCc1ccccc1. The van der Waals surface area contributed by atoms with Gasteiger partial charge in [0.25, 0.3) is 5.69 Å². The number of hydroxylamine groups is 2. The highest BCUT2D eigenvalue weighted by Crippen LogP contribution is 2.49. The van der Waals surface area contributed by atoms with Gasteiger partial charge in [-0.15, -0.1) is 0 Å². The van der Waals surface area contributed by atoms with E-state index in [9.17, 15) is 24.3 Å². The molecule has 1 amide bonds. The van der Waals surface area contributed by atoms with Gasteiger partial charge in [-0.1, -0.05) is 66.7 Å². The van der Waals surface area contributed by atoms with Gasteiger partial charge in [-0.05, 0) is 53.9 Å². The molecule has 1 unspecified atom stereocenters. The Morgan fingerprint density at radius 2 is 1.30 bits per heavy atom. The first-order valence-corrected chi connectivity index (χ1v) is 15.0. The lowest BCUT2D eigenvalue weighted by atomic mass is 10.2. The predicted octanol–water partition coefficient (Wildman–Crippen LogP) is 6.34. The van der Waals surface area contributed by atoms with Gasteiger partial charge in [0.1, 0.15) is 24.7 Å². The van der Waals surface area contributed by atoms with Gasteiger partial charge in [0, 0.05) is 12.1 Å². The fourth-order valence-electron chi connectivity index (χ4n) is 3.90. The number of amides is 1. The second-order valence-corrected chi connectivity index (χ2v) is 11.2. The maximum Gasteiger partial charge on any atom is 0.430 e. The zero-order valence-corrected chi connectivity index (χ0v) is 23.9. The predicted molar refractivity (Wildman–Crippen MR) is 157 cm³/mol. The Bertz CT molecular complexity index is 1480. The van der Waals surface area contributed by atoms with Crippen LogP contribution in [0.5, 0.6) is 11.5 Å². The molecule has 0 aliphatic rings. The van der Waals surface area contributed by atoms with Crippen molar-refractivity contribution in [3.05, 3.63) is 137 Å². The Kier molecular flexibility index (Phi) is 11.0. The molecule has 0 aliphatic heterocycles. The molecule has 0 aliphatic carbocycles. The van der Waals surface area contributed by atoms with E-state index in [4.69, 9.17) is 18.6 Å². The Hall–Kier alpha value is -4.99. The summed E-state index contributed by atoms with van der Waals surface area (Å²) in [4.78, 5) is 41.6. The molecular formula is C31H29N2O9P. The average Bonchev–Trinajstić information content (AvgIpc) is 3.03. The molecule has 1 atom stereocenters. The van der Waals surface area contributed by atoms with Crippen molar-refractivity contribution in [2.75, 3.05) is 6.16 Å². The molecule has 4 rings (SSSR count). The maximum absolute atomic E-state index is 14.0. The summed E-state index contributed by atoms with van der Waals surface area (Å²) < 4.78 is 31.2. The number of hydrogen-bond donors (Lipinski definition) is 0. The van der Waals surface area contributed by atoms with Crippen LogP contribution in [0.2, 0.25) is 0 Å². The first-order chi connectivity index (χ1) is 20.8. The average molecular weight is 605 g/mol. The van der Waals surface area contributed by atoms with E-state index in [0.717, 1.165) is 10.6 Å². The second kappa shape index (κ2) is 15.3. The van der Waals surface area contributed by atoms with Crippen LogP contribution in [-0.4, -0.2) is 34.6 Å². The minimum absolute atomic E-state index is 0.0656. The molecule has 12 heteroatoms. The minimum Gasteiger partial charge on any atom is -0.459 e. The number of carbonyl (C=O) groups excluding carboxylic acids is 2. The number of ether oxygens (including phenoxy) is 1. The van der Waals surface area contributed by atoms with Crippen molar-refractivity contribution in [3.8, 4) is 11.5 Å². The van der Waals surface area contributed by atoms with Crippen LogP contribution in [0.3, 0.4) is 0 Å². The molecule has 0 N–H and O–H groups in total. The second-order valence-electron chi connectivity index (χ2n) is 9.20. The molecule has 0 radical (unpaired) electrons. The molecule has 4 aromatic carbocycles. The lowest BCUT2D eigenvalue weighted by Crippen LogP contribution is -2.42. The van der Waals surface area contributed by atoms with E-state index in [0.29, 0.717) is 23.5 Å². The number of para-hydroxylation sites is 2. The first-order valence-electron chi connectivity index (χ1n) is 13.2. The highest BCUT2D eigenvalue weighted by Gasteiger charge is 2.35. The van der Waals surface area contributed by atoms with E-state index in [1.807, 2.05) is 6.07 Å². The van der Waals surface area contributed by atoms with E-state index in [-0.39, 0.29) is 31.5 Å². The third kappa shape index (κ3) is 9.53. The Morgan fingerprint density at radius 3 is 1.81 bits per heavy atom. The molecule has 0 saturated heterocycles. The monoisotopic (exact) mass is 604 g/mol. The molecule has 4 aromatic rings. The summed E-state index contributed by atoms with van der Waals surface area (Å²) in [6, 6.07) is 30.1. The van der Waals surface area contributed by atoms with E-state index in [1.54, 1.807) is 84.9 Å². The summed E-state index contributed by atoms with van der Waals surface area (Å²) in [6.07, 6.45) is -0.169. The van der Waals surface area contributed by atoms with Crippen LogP contribution < -0.4 is 9.05 Å². The molecular weight excluding hydrogens is 575 g/mol. The molecule has 0 spiro atoms. The van der Waals surface area contributed by atoms with Crippen LogP contribution in [0.1, 0.15) is 17.5 Å². The van der Waals surface area contributed by atoms with Crippen molar-refractivity contribution >= 4 is 25.7 Å². The molecule has 0 heterocycles. The Labute approximate surface area is 248 Å². The summed E-state index contributed by atoms with van der Waals surface area (Å²) in [5.74, 6) is -0.205.